The van der Waals surface area contributed by atoms with Gasteiger partial charge in [-0.2, -0.15) is 0 Å². The van der Waals surface area contributed by atoms with Crippen molar-refractivity contribution in [3.05, 3.63) is 20.5 Å². The number of methoxy groups -OCH3 is 1. The molecule has 1 heterocycles. The van der Waals surface area contributed by atoms with Gasteiger partial charge in [0.2, 0.25) is 0 Å². The van der Waals surface area contributed by atoms with E-state index in [-0.39, 0.29) is 11.5 Å². The second kappa shape index (κ2) is 9.62. The lowest BCUT2D eigenvalue weighted by molar-refractivity contribution is 0.172. The van der Waals surface area contributed by atoms with E-state index in [0.29, 0.717) is 30.5 Å². The van der Waals surface area contributed by atoms with Gasteiger partial charge in [0.25, 0.3) is 0 Å². The van der Waals surface area contributed by atoms with Crippen molar-refractivity contribution in [1.29, 1.82) is 0 Å². The Labute approximate surface area is 161 Å². The highest BCUT2D eigenvalue weighted by Gasteiger charge is 2.27. The first kappa shape index (κ1) is 21.2. The molecule has 0 fully saturated rings. The monoisotopic (exact) mass is 470 g/mol. The molecule has 136 valence electrons. The lowest BCUT2D eigenvalue weighted by Crippen LogP contribution is -2.44. The predicted molar refractivity (Wildman–Crippen MR) is 102 cm³/mol. The minimum Gasteiger partial charge on any atom is -0.490 e. The number of nitrogens with zero attached hydrogens (tertiary/aromatic N) is 1. The molecule has 0 aliphatic carbocycles. The number of ether oxygens (including phenoxy) is 2. The molecule has 1 atom stereocenters. The summed E-state index contributed by atoms with van der Waals surface area (Å²) in [7, 11) is 1.64. The second-order valence-electron chi connectivity index (χ2n) is 6.49. The maximum atomic E-state index is 11.1. The van der Waals surface area contributed by atoms with Crippen molar-refractivity contribution in [1.82, 2.24) is 10.3 Å². The normalized spacial score (nSPS) is 12.8. The Hall–Kier alpha value is -0.800. The Morgan fingerprint density at radius 3 is 2.67 bits per heavy atom. The smallest absolute Gasteiger partial charge is 0.404 e. The molecular weight excluding hydrogens is 447 g/mol. The van der Waals surface area contributed by atoms with Crippen LogP contribution >= 0.6 is 34.2 Å². The summed E-state index contributed by atoms with van der Waals surface area (Å²) in [4.78, 5) is 15.4. The van der Waals surface area contributed by atoms with Crippen LogP contribution in [0.25, 0.3) is 0 Å². The van der Waals surface area contributed by atoms with Crippen LogP contribution in [0.4, 0.5) is 4.79 Å². The number of nitrogens with one attached hydrogen (secondary N) is 1. The minimum absolute atomic E-state index is 0.236. The molecule has 1 rings (SSSR count). The number of carbonyl (C=O) groups is 1. The summed E-state index contributed by atoms with van der Waals surface area (Å²) in [6.45, 7) is 7.06. The van der Waals surface area contributed by atoms with Crippen LogP contribution < -0.4 is 10.1 Å². The zero-order valence-corrected chi connectivity index (χ0v) is 17.3. The van der Waals surface area contributed by atoms with Crippen LogP contribution in [0.3, 0.4) is 0 Å². The third kappa shape index (κ3) is 6.98. The Morgan fingerprint density at radius 1 is 1.46 bits per heavy atom. The summed E-state index contributed by atoms with van der Waals surface area (Å²) < 4.78 is 11.4. The molecule has 8 heteroatoms. The Kier molecular flexibility index (Phi) is 8.52. The summed E-state index contributed by atoms with van der Waals surface area (Å²) in [5, 5.41) is 12.0. The van der Waals surface area contributed by atoms with E-state index < -0.39 is 6.09 Å². The van der Waals surface area contributed by atoms with Gasteiger partial charge in [-0.3, -0.25) is 0 Å². The predicted octanol–water partition coefficient (Wildman–Crippen LogP) is 3.98. The highest BCUT2D eigenvalue weighted by Crippen LogP contribution is 2.30. The van der Waals surface area contributed by atoms with Gasteiger partial charge < -0.3 is 19.9 Å². The van der Waals surface area contributed by atoms with Crippen LogP contribution in [0, 0.1) is 9.12 Å². The van der Waals surface area contributed by atoms with E-state index in [1.807, 2.05) is 26.8 Å². The van der Waals surface area contributed by atoms with Crippen LogP contribution in [0.15, 0.2) is 6.07 Å². The lowest BCUT2D eigenvalue weighted by Gasteiger charge is -2.31. The average molecular weight is 471 g/mol. The number of hydrogen-bond donors (Lipinski definition) is 2. The van der Waals surface area contributed by atoms with Crippen LogP contribution in [-0.4, -0.2) is 42.5 Å². The van der Waals surface area contributed by atoms with Crippen molar-refractivity contribution >= 4 is 40.3 Å². The lowest BCUT2D eigenvalue weighted by atomic mass is 9.83. The SMILES string of the molecule is COCCCOc1cc(CC(NC(=O)O)C(C)(C)C)c(I)nc1Cl. The Bertz CT molecular complexity index is 564. The largest absolute Gasteiger partial charge is 0.490 e. The van der Waals surface area contributed by atoms with Crippen LogP contribution in [-0.2, 0) is 11.2 Å². The summed E-state index contributed by atoms with van der Waals surface area (Å²) in [5.41, 5.74) is 0.663. The molecule has 0 radical (unpaired) electrons. The van der Waals surface area contributed by atoms with Crippen molar-refractivity contribution < 1.29 is 19.4 Å². The van der Waals surface area contributed by atoms with Gasteiger partial charge in [0.15, 0.2) is 10.9 Å². The topological polar surface area (TPSA) is 80.7 Å². The maximum absolute atomic E-state index is 11.1. The third-order valence-electron chi connectivity index (χ3n) is 3.49. The Balaban J connectivity index is 2.94. The zero-order chi connectivity index (χ0) is 18.3. The highest BCUT2D eigenvalue weighted by atomic mass is 127. The van der Waals surface area contributed by atoms with Crippen molar-refractivity contribution in [2.75, 3.05) is 20.3 Å². The summed E-state index contributed by atoms with van der Waals surface area (Å²) >= 11 is 8.25. The second-order valence-corrected chi connectivity index (χ2v) is 7.87. The molecule has 0 spiro atoms. The van der Waals surface area contributed by atoms with E-state index in [2.05, 4.69) is 32.9 Å². The number of pyridine rings is 1. The Morgan fingerprint density at radius 2 is 2.12 bits per heavy atom. The summed E-state index contributed by atoms with van der Waals surface area (Å²) in [6.07, 6.45) is 0.217. The zero-order valence-electron chi connectivity index (χ0n) is 14.4. The van der Waals surface area contributed by atoms with Crippen molar-refractivity contribution in [2.24, 2.45) is 5.41 Å². The van der Waals surface area contributed by atoms with Crippen molar-refractivity contribution in [3.63, 3.8) is 0 Å². The number of carboxylic acid groups (broad SMARTS) is 1. The molecule has 1 aromatic heterocycles. The number of halogens is 2. The summed E-state index contributed by atoms with van der Waals surface area (Å²) in [6, 6.07) is 1.58. The molecule has 1 unspecified atom stereocenters. The van der Waals surface area contributed by atoms with Crippen molar-refractivity contribution in [3.8, 4) is 5.75 Å². The molecule has 1 aromatic rings. The molecule has 2 N–H and O–H groups in total. The fourth-order valence-corrected chi connectivity index (χ4v) is 3.02. The number of hydrogen-bond acceptors (Lipinski definition) is 4. The molecule has 0 aliphatic heterocycles. The number of amides is 1. The van der Waals surface area contributed by atoms with Gasteiger partial charge in [-0.05, 0) is 46.1 Å². The molecule has 1 amide bonds. The van der Waals surface area contributed by atoms with E-state index in [1.165, 1.54) is 0 Å². The number of rotatable bonds is 8. The van der Waals surface area contributed by atoms with Gasteiger partial charge in [0, 0.05) is 26.2 Å². The van der Waals surface area contributed by atoms with Gasteiger partial charge in [-0.1, -0.05) is 32.4 Å². The standard InChI is InChI=1S/C16H24ClIN2O4/c1-16(2,3)12(19-15(21)22)9-10-8-11(13(17)20-14(10)18)24-7-5-6-23-4/h8,12,19H,5-7,9H2,1-4H3,(H,21,22). The molecule has 6 nitrogen and oxygen atoms in total. The van der Waals surface area contributed by atoms with Crippen LogP contribution in [0.5, 0.6) is 5.75 Å². The fraction of sp³-hybridized carbons (Fsp3) is 0.625. The van der Waals surface area contributed by atoms with E-state index in [0.717, 1.165) is 15.7 Å². The molecule has 0 aromatic carbocycles. The number of aromatic nitrogens is 1. The van der Waals surface area contributed by atoms with E-state index in [1.54, 1.807) is 7.11 Å². The van der Waals surface area contributed by atoms with Crippen LogP contribution in [0.1, 0.15) is 32.8 Å². The van der Waals surface area contributed by atoms with Crippen molar-refractivity contribution in [2.45, 2.75) is 39.7 Å². The maximum Gasteiger partial charge on any atom is 0.404 e. The fourth-order valence-electron chi connectivity index (χ4n) is 2.06. The van der Waals surface area contributed by atoms with Gasteiger partial charge >= 0.3 is 6.09 Å². The first-order chi connectivity index (χ1) is 11.1. The first-order valence-electron chi connectivity index (χ1n) is 7.61. The highest BCUT2D eigenvalue weighted by molar-refractivity contribution is 14.1. The van der Waals surface area contributed by atoms with E-state index in [4.69, 9.17) is 26.2 Å². The third-order valence-corrected chi connectivity index (χ3v) is 4.69. The molecule has 0 bridgehead atoms. The molecule has 0 aliphatic rings. The van der Waals surface area contributed by atoms with Gasteiger partial charge in [-0.15, -0.1) is 0 Å². The first-order valence-corrected chi connectivity index (χ1v) is 9.07. The van der Waals surface area contributed by atoms with Gasteiger partial charge in [-0.25, -0.2) is 9.78 Å². The summed E-state index contributed by atoms with van der Waals surface area (Å²) in [5.74, 6) is 0.506. The molecule has 24 heavy (non-hydrogen) atoms. The van der Waals surface area contributed by atoms with Gasteiger partial charge in [0.1, 0.15) is 3.70 Å². The minimum atomic E-state index is -1.04. The quantitative estimate of drug-likeness (QED) is 0.341. The van der Waals surface area contributed by atoms with E-state index in [9.17, 15) is 4.79 Å². The average Bonchev–Trinajstić information content (AvgIpc) is 2.45. The molecular formula is C16H24ClIN2O4. The molecule has 0 saturated heterocycles. The van der Waals surface area contributed by atoms with Gasteiger partial charge in [0.05, 0.1) is 6.61 Å². The van der Waals surface area contributed by atoms with E-state index >= 15 is 0 Å². The van der Waals surface area contributed by atoms with Crippen LogP contribution in [0.2, 0.25) is 5.15 Å². The molecule has 0 saturated carbocycles.